The fourth-order valence-corrected chi connectivity index (χ4v) is 2.21. The first kappa shape index (κ1) is 12.9. The third-order valence-electron chi connectivity index (χ3n) is 2.37. The van der Waals surface area contributed by atoms with E-state index < -0.39 is 9.89 Å². The number of hydrogen-bond acceptors (Lipinski definition) is 4. The lowest BCUT2D eigenvalue weighted by Crippen LogP contribution is -2.34. The summed E-state index contributed by atoms with van der Waals surface area (Å²) in [6.07, 6.45) is 1.44. The van der Waals surface area contributed by atoms with Crippen molar-refractivity contribution >= 4 is 34.3 Å². The number of halogens is 1. The van der Waals surface area contributed by atoms with E-state index in [0.717, 1.165) is 12.8 Å². The van der Waals surface area contributed by atoms with E-state index in [1.54, 1.807) is 6.92 Å². The molecule has 0 radical (unpaired) electrons. The van der Waals surface area contributed by atoms with Crippen molar-refractivity contribution in [3.8, 4) is 0 Å². The summed E-state index contributed by atoms with van der Waals surface area (Å²) in [6, 6.07) is 0. The van der Waals surface area contributed by atoms with Crippen LogP contribution < -0.4 is 0 Å². The van der Waals surface area contributed by atoms with E-state index in [0.29, 0.717) is 19.8 Å². The van der Waals surface area contributed by atoms with E-state index in [1.807, 2.05) is 22.6 Å². The Morgan fingerprint density at radius 1 is 1.47 bits per heavy atom. The zero-order chi connectivity index (χ0) is 11.3. The highest BCUT2D eigenvalue weighted by Crippen LogP contribution is 2.21. The molecule has 1 heterocycles. The number of hydrogen-bond donors (Lipinski definition) is 0. The van der Waals surface area contributed by atoms with Crippen molar-refractivity contribution in [2.75, 3.05) is 19.8 Å². The third kappa shape index (κ3) is 3.71. The van der Waals surface area contributed by atoms with Crippen LogP contribution in [-0.4, -0.2) is 35.5 Å². The molecule has 0 spiro atoms. The maximum Gasteiger partial charge on any atom is 0.326 e. The summed E-state index contributed by atoms with van der Waals surface area (Å²) >= 11 is 1.85. The monoisotopic (exact) mass is 326 g/mol. The molecule has 0 aliphatic carbocycles. The molecule has 0 amide bonds. The topological polar surface area (TPSA) is 52.6 Å². The minimum Gasteiger partial charge on any atom is -0.465 e. The van der Waals surface area contributed by atoms with Gasteiger partial charge in [-0.2, -0.15) is 0 Å². The van der Waals surface area contributed by atoms with Crippen LogP contribution in [0.5, 0.6) is 0 Å². The van der Waals surface area contributed by atoms with Crippen LogP contribution in [0.25, 0.3) is 0 Å². The van der Waals surface area contributed by atoms with E-state index in [1.165, 1.54) is 0 Å². The van der Waals surface area contributed by atoms with Crippen LogP contribution in [0, 0.1) is 5.92 Å². The number of rotatable bonds is 4. The number of ketones is 1. The van der Waals surface area contributed by atoms with Gasteiger partial charge >= 0.3 is 5.97 Å². The van der Waals surface area contributed by atoms with Gasteiger partial charge in [0.1, 0.15) is 0 Å². The minimum atomic E-state index is -0.661. The first-order chi connectivity index (χ1) is 7.16. The van der Waals surface area contributed by atoms with Gasteiger partial charge in [0.05, 0.1) is 6.61 Å². The highest BCUT2D eigenvalue weighted by Gasteiger charge is 2.31. The molecule has 1 atom stereocenters. The molecule has 1 rings (SSSR count). The molecule has 1 unspecified atom stereocenters. The van der Waals surface area contributed by atoms with Gasteiger partial charge < -0.3 is 9.47 Å². The van der Waals surface area contributed by atoms with Crippen molar-refractivity contribution in [1.29, 1.82) is 0 Å². The van der Waals surface area contributed by atoms with Gasteiger partial charge in [0, 0.05) is 19.1 Å². The van der Waals surface area contributed by atoms with E-state index in [4.69, 9.17) is 9.47 Å². The van der Waals surface area contributed by atoms with Gasteiger partial charge in [0.25, 0.3) is 0 Å². The van der Waals surface area contributed by atoms with Crippen molar-refractivity contribution in [1.82, 2.24) is 0 Å². The highest BCUT2D eigenvalue weighted by molar-refractivity contribution is 14.1. The predicted molar refractivity (Wildman–Crippen MR) is 63.0 cm³/mol. The van der Waals surface area contributed by atoms with Crippen molar-refractivity contribution in [3.63, 3.8) is 0 Å². The number of alkyl halides is 1. The summed E-state index contributed by atoms with van der Waals surface area (Å²) in [5.41, 5.74) is 0. The molecular weight excluding hydrogens is 311 g/mol. The third-order valence-corrected chi connectivity index (χ3v) is 3.49. The zero-order valence-corrected chi connectivity index (χ0v) is 10.9. The van der Waals surface area contributed by atoms with Crippen LogP contribution in [-0.2, 0) is 19.1 Å². The average molecular weight is 326 g/mol. The molecule has 1 aliphatic rings. The van der Waals surface area contributed by atoms with E-state index in [9.17, 15) is 9.59 Å². The Bertz CT molecular complexity index is 236. The van der Waals surface area contributed by atoms with E-state index >= 15 is 0 Å². The molecule has 5 heteroatoms. The van der Waals surface area contributed by atoms with Gasteiger partial charge in [0.15, 0.2) is 9.71 Å². The number of Topliss-reactive ketones (excluding diaryl/α,β-unsaturated/α-hetero) is 1. The predicted octanol–water partition coefficient (Wildman–Crippen LogP) is 1.35. The molecule has 86 valence electrons. The van der Waals surface area contributed by atoms with Crippen LogP contribution in [0.3, 0.4) is 0 Å². The molecule has 0 N–H and O–H groups in total. The summed E-state index contributed by atoms with van der Waals surface area (Å²) in [6.45, 7) is 3.28. The molecule has 1 fully saturated rings. The SMILES string of the molecule is CCOC(=O)C(I)C(=O)C1CCOCC1. The zero-order valence-electron chi connectivity index (χ0n) is 8.70. The van der Waals surface area contributed by atoms with Crippen molar-refractivity contribution in [3.05, 3.63) is 0 Å². The second-order valence-electron chi connectivity index (χ2n) is 3.40. The molecule has 1 aliphatic heterocycles. The largest absolute Gasteiger partial charge is 0.465 e. The fourth-order valence-electron chi connectivity index (χ4n) is 1.52. The van der Waals surface area contributed by atoms with Crippen LogP contribution in [0.2, 0.25) is 0 Å². The van der Waals surface area contributed by atoms with Crippen molar-refractivity contribution in [2.45, 2.75) is 23.7 Å². The lowest BCUT2D eigenvalue weighted by molar-refractivity contribution is -0.145. The Kier molecular flexibility index (Phi) is 5.52. The van der Waals surface area contributed by atoms with Gasteiger partial charge in [-0.25, -0.2) is 0 Å². The number of esters is 1. The summed E-state index contributed by atoms with van der Waals surface area (Å²) in [4.78, 5) is 23.2. The fraction of sp³-hybridized carbons (Fsp3) is 0.800. The van der Waals surface area contributed by atoms with Crippen LogP contribution in [0.1, 0.15) is 19.8 Å². The van der Waals surface area contributed by atoms with Gasteiger partial charge in [0.2, 0.25) is 0 Å². The normalized spacial score (nSPS) is 19.6. The Hall–Kier alpha value is -0.170. The van der Waals surface area contributed by atoms with Crippen LogP contribution in [0.4, 0.5) is 0 Å². The lowest BCUT2D eigenvalue weighted by Gasteiger charge is -2.22. The molecule has 0 saturated carbocycles. The highest BCUT2D eigenvalue weighted by atomic mass is 127. The molecule has 0 aromatic heterocycles. The Morgan fingerprint density at radius 2 is 2.07 bits per heavy atom. The molecule has 1 saturated heterocycles. The first-order valence-electron chi connectivity index (χ1n) is 5.09. The van der Waals surface area contributed by atoms with Gasteiger partial charge in [-0.1, -0.05) is 22.6 Å². The molecular formula is C10H15IO4. The molecule has 0 aromatic rings. The second kappa shape index (κ2) is 6.42. The molecule has 4 nitrogen and oxygen atoms in total. The average Bonchev–Trinajstić information content (AvgIpc) is 2.28. The number of carbonyl (C=O) groups is 2. The number of ether oxygens (including phenoxy) is 2. The summed E-state index contributed by atoms with van der Waals surface area (Å²) in [5, 5.41) is 0. The maximum atomic E-state index is 11.9. The molecule has 15 heavy (non-hydrogen) atoms. The van der Waals surface area contributed by atoms with Crippen LogP contribution >= 0.6 is 22.6 Å². The Balaban J connectivity index is 2.47. The van der Waals surface area contributed by atoms with Crippen molar-refractivity contribution < 1.29 is 19.1 Å². The van der Waals surface area contributed by atoms with Gasteiger partial charge in [-0.3, -0.25) is 9.59 Å². The summed E-state index contributed by atoms with van der Waals surface area (Å²) in [7, 11) is 0. The standard InChI is InChI=1S/C10H15IO4/c1-2-15-10(13)8(11)9(12)7-3-5-14-6-4-7/h7-8H,2-6H2,1H3. The van der Waals surface area contributed by atoms with Gasteiger partial charge in [-0.05, 0) is 19.8 Å². The summed E-state index contributed by atoms with van der Waals surface area (Å²) in [5.74, 6) is -0.475. The smallest absolute Gasteiger partial charge is 0.326 e. The van der Waals surface area contributed by atoms with Crippen LogP contribution in [0.15, 0.2) is 0 Å². The molecule has 0 aromatic carbocycles. The summed E-state index contributed by atoms with van der Waals surface area (Å²) < 4.78 is 9.32. The first-order valence-corrected chi connectivity index (χ1v) is 6.33. The van der Waals surface area contributed by atoms with E-state index in [2.05, 4.69) is 0 Å². The molecule has 0 bridgehead atoms. The van der Waals surface area contributed by atoms with Crippen molar-refractivity contribution in [2.24, 2.45) is 5.92 Å². The Labute approximate surface area is 103 Å². The minimum absolute atomic E-state index is 0.0163. The number of carbonyl (C=O) groups excluding carboxylic acids is 2. The Morgan fingerprint density at radius 3 is 2.60 bits per heavy atom. The van der Waals surface area contributed by atoms with Gasteiger partial charge in [-0.15, -0.1) is 0 Å². The maximum absolute atomic E-state index is 11.9. The quantitative estimate of drug-likeness (QED) is 0.339. The second-order valence-corrected chi connectivity index (χ2v) is 4.65. The van der Waals surface area contributed by atoms with E-state index in [-0.39, 0.29) is 11.7 Å². The lowest BCUT2D eigenvalue weighted by atomic mass is 9.93.